The molecule has 4 rings (SSSR count). The summed E-state index contributed by atoms with van der Waals surface area (Å²) < 4.78 is 0. The van der Waals surface area contributed by atoms with Crippen LogP contribution in [0.1, 0.15) is 28.4 Å². The Bertz CT molecular complexity index is 1030. The number of thiazole rings is 1. The molecule has 3 aromatic carbocycles. The highest BCUT2D eigenvalue weighted by atomic mass is 32.1. The van der Waals surface area contributed by atoms with Crippen LogP contribution in [0.2, 0.25) is 0 Å². The van der Waals surface area contributed by atoms with E-state index in [1.807, 2.05) is 85.1 Å². The van der Waals surface area contributed by atoms with Gasteiger partial charge in [0.25, 0.3) is 0 Å². The Morgan fingerprint density at radius 3 is 2.14 bits per heavy atom. The number of rotatable bonds is 7. The van der Waals surface area contributed by atoms with E-state index in [-0.39, 0.29) is 11.8 Å². The second kappa shape index (κ2) is 8.63. The minimum Gasteiger partial charge on any atom is -0.354 e. The van der Waals surface area contributed by atoms with Crippen LogP contribution in [0.15, 0.2) is 97.2 Å². The van der Waals surface area contributed by atoms with Crippen molar-refractivity contribution in [2.75, 3.05) is 5.32 Å². The highest BCUT2D eigenvalue weighted by molar-refractivity contribution is 7.18. The zero-order valence-electron chi connectivity index (χ0n) is 15.3. The van der Waals surface area contributed by atoms with Gasteiger partial charge in [-0.3, -0.25) is 4.79 Å². The van der Waals surface area contributed by atoms with E-state index in [1.165, 1.54) is 0 Å². The molecule has 1 N–H and O–H groups in total. The van der Waals surface area contributed by atoms with Crippen LogP contribution in [0, 0.1) is 0 Å². The molecule has 4 aromatic rings. The molecule has 3 nitrogen and oxygen atoms in total. The molecule has 0 spiro atoms. The Morgan fingerprint density at radius 1 is 0.857 bits per heavy atom. The van der Waals surface area contributed by atoms with Gasteiger partial charge in [-0.2, -0.15) is 0 Å². The second-order valence-corrected chi connectivity index (χ2v) is 7.53. The van der Waals surface area contributed by atoms with Crippen molar-refractivity contribution in [3.8, 4) is 10.4 Å². The Labute approximate surface area is 168 Å². The molecule has 1 unspecified atom stereocenters. The normalized spacial score (nSPS) is 11.7. The van der Waals surface area contributed by atoms with Gasteiger partial charge in [0, 0.05) is 18.2 Å². The van der Waals surface area contributed by atoms with Crippen LogP contribution in [0.4, 0.5) is 5.13 Å². The number of nitrogens with one attached hydrogen (secondary N) is 1. The standard InChI is InChI=1S/C24H20N2OS/c27-22(19-12-6-2-7-13-19)16-21(18-10-4-1-5-11-18)26-24-25-17-23(28-24)20-14-8-3-9-15-20/h1-15,17,21H,16H2,(H,25,26). The molecule has 0 radical (unpaired) electrons. The molecule has 1 heterocycles. The minimum atomic E-state index is -0.135. The monoisotopic (exact) mass is 384 g/mol. The average Bonchev–Trinajstić information content (AvgIpc) is 3.24. The highest BCUT2D eigenvalue weighted by Crippen LogP contribution is 2.32. The molecule has 4 heteroatoms. The predicted molar refractivity (Wildman–Crippen MR) is 116 cm³/mol. The third kappa shape index (κ3) is 4.35. The number of Topliss-reactive ketones (excluding diaryl/α,β-unsaturated/α-hetero) is 1. The summed E-state index contributed by atoms with van der Waals surface area (Å²) in [6.07, 6.45) is 2.25. The lowest BCUT2D eigenvalue weighted by molar-refractivity contribution is 0.0976. The number of hydrogen-bond donors (Lipinski definition) is 1. The van der Waals surface area contributed by atoms with Crippen LogP contribution in [0.5, 0.6) is 0 Å². The van der Waals surface area contributed by atoms with Gasteiger partial charge in [0.2, 0.25) is 0 Å². The number of carbonyl (C=O) groups excluding carboxylic acids is 1. The van der Waals surface area contributed by atoms with Crippen LogP contribution in [0.25, 0.3) is 10.4 Å². The van der Waals surface area contributed by atoms with Gasteiger partial charge in [0.05, 0.1) is 10.9 Å². The van der Waals surface area contributed by atoms with Crippen LogP contribution in [-0.2, 0) is 0 Å². The molecule has 0 saturated heterocycles. The van der Waals surface area contributed by atoms with E-state index in [4.69, 9.17) is 0 Å². The maximum absolute atomic E-state index is 12.8. The Kier molecular flexibility index (Phi) is 5.59. The molecular weight excluding hydrogens is 364 g/mol. The summed E-state index contributed by atoms with van der Waals surface area (Å²) in [5, 5.41) is 4.29. The third-order valence-electron chi connectivity index (χ3n) is 4.55. The number of ketones is 1. The number of carbonyl (C=O) groups is 1. The zero-order chi connectivity index (χ0) is 19.2. The van der Waals surface area contributed by atoms with Crippen molar-refractivity contribution >= 4 is 22.3 Å². The smallest absolute Gasteiger partial charge is 0.183 e. The van der Waals surface area contributed by atoms with Gasteiger partial charge in [-0.1, -0.05) is 102 Å². The molecule has 0 fully saturated rings. The fourth-order valence-electron chi connectivity index (χ4n) is 3.09. The Balaban J connectivity index is 1.56. The molecule has 138 valence electrons. The van der Waals surface area contributed by atoms with Crippen molar-refractivity contribution in [1.29, 1.82) is 0 Å². The Morgan fingerprint density at radius 2 is 1.46 bits per heavy atom. The molecule has 0 aliphatic rings. The zero-order valence-corrected chi connectivity index (χ0v) is 16.1. The largest absolute Gasteiger partial charge is 0.354 e. The van der Waals surface area contributed by atoms with E-state index >= 15 is 0 Å². The SMILES string of the molecule is O=C(CC(Nc1ncc(-c2ccccc2)s1)c1ccccc1)c1ccccc1. The number of hydrogen-bond acceptors (Lipinski definition) is 4. The van der Waals surface area contributed by atoms with Crippen LogP contribution in [0.3, 0.4) is 0 Å². The molecule has 28 heavy (non-hydrogen) atoms. The van der Waals surface area contributed by atoms with Gasteiger partial charge < -0.3 is 5.32 Å². The molecule has 1 aromatic heterocycles. The quantitative estimate of drug-likeness (QED) is 0.384. The van der Waals surface area contributed by atoms with Gasteiger partial charge >= 0.3 is 0 Å². The third-order valence-corrected chi connectivity index (χ3v) is 5.53. The fraction of sp³-hybridized carbons (Fsp3) is 0.0833. The fourth-order valence-corrected chi connectivity index (χ4v) is 3.96. The topological polar surface area (TPSA) is 42.0 Å². The number of anilines is 1. The summed E-state index contributed by atoms with van der Waals surface area (Å²) in [5.74, 6) is 0.113. The molecular formula is C24H20N2OS. The van der Waals surface area contributed by atoms with Crippen molar-refractivity contribution in [2.45, 2.75) is 12.5 Å². The number of aromatic nitrogens is 1. The summed E-state index contributed by atoms with van der Waals surface area (Å²) in [6, 6.07) is 29.6. The summed E-state index contributed by atoms with van der Waals surface area (Å²) in [4.78, 5) is 18.4. The van der Waals surface area contributed by atoms with Gasteiger partial charge in [-0.05, 0) is 11.1 Å². The lowest BCUT2D eigenvalue weighted by atomic mass is 9.98. The molecule has 0 aliphatic carbocycles. The molecule has 0 amide bonds. The van der Waals surface area contributed by atoms with E-state index in [1.54, 1.807) is 11.3 Å². The summed E-state index contributed by atoms with van der Waals surface area (Å²) >= 11 is 1.60. The van der Waals surface area contributed by atoms with Crippen LogP contribution in [-0.4, -0.2) is 10.8 Å². The van der Waals surface area contributed by atoms with Crippen molar-refractivity contribution in [1.82, 2.24) is 4.98 Å². The maximum Gasteiger partial charge on any atom is 0.183 e. The van der Waals surface area contributed by atoms with Gasteiger partial charge in [0.1, 0.15) is 0 Å². The summed E-state index contributed by atoms with van der Waals surface area (Å²) in [6.45, 7) is 0. The van der Waals surface area contributed by atoms with Crippen molar-refractivity contribution < 1.29 is 4.79 Å². The first-order valence-electron chi connectivity index (χ1n) is 9.20. The van der Waals surface area contributed by atoms with E-state index in [0.717, 1.165) is 26.7 Å². The summed E-state index contributed by atoms with van der Waals surface area (Å²) in [5.41, 5.74) is 2.95. The minimum absolute atomic E-state index is 0.113. The van der Waals surface area contributed by atoms with Gasteiger partial charge in [0.15, 0.2) is 10.9 Å². The van der Waals surface area contributed by atoms with Crippen LogP contribution >= 0.6 is 11.3 Å². The second-order valence-electron chi connectivity index (χ2n) is 6.50. The van der Waals surface area contributed by atoms with E-state index < -0.39 is 0 Å². The van der Waals surface area contributed by atoms with Crippen molar-refractivity contribution in [3.63, 3.8) is 0 Å². The number of nitrogens with zero attached hydrogens (tertiary/aromatic N) is 1. The van der Waals surface area contributed by atoms with Crippen LogP contribution < -0.4 is 5.32 Å². The lowest BCUT2D eigenvalue weighted by Gasteiger charge is -2.18. The number of benzene rings is 3. The van der Waals surface area contributed by atoms with E-state index in [9.17, 15) is 4.79 Å². The first kappa shape index (κ1) is 18.1. The maximum atomic E-state index is 12.8. The molecule has 0 saturated carbocycles. The van der Waals surface area contributed by atoms with Crippen molar-refractivity contribution in [3.05, 3.63) is 108 Å². The Hall–Kier alpha value is -3.24. The molecule has 0 aliphatic heterocycles. The van der Waals surface area contributed by atoms with E-state index in [0.29, 0.717) is 6.42 Å². The van der Waals surface area contributed by atoms with Gasteiger partial charge in [-0.25, -0.2) is 4.98 Å². The van der Waals surface area contributed by atoms with Crippen molar-refractivity contribution in [2.24, 2.45) is 0 Å². The molecule has 1 atom stereocenters. The predicted octanol–water partition coefficient (Wildman–Crippen LogP) is 6.24. The first-order chi connectivity index (χ1) is 13.8. The summed E-state index contributed by atoms with van der Waals surface area (Å²) in [7, 11) is 0. The van der Waals surface area contributed by atoms with Gasteiger partial charge in [-0.15, -0.1) is 0 Å². The average molecular weight is 385 g/mol. The molecule has 0 bridgehead atoms. The lowest BCUT2D eigenvalue weighted by Crippen LogP contribution is -2.15. The van der Waals surface area contributed by atoms with E-state index in [2.05, 4.69) is 22.4 Å². The highest BCUT2D eigenvalue weighted by Gasteiger charge is 2.18. The first-order valence-corrected chi connectivity index (χ1v) is 10.0.